The number of ether oxygens (including phenoxy) is 1. The minimum absolute atomic E-state index is 0.781. The van der Waals surface area contributed by atoms with Gasteiger partial charge in [0, 0.05) is 40.4 Å². The maximum absolute atomic E-state index is 5.00. The van der Waals surface area contributed by atoms with Crippen LogP contribution in [0, 0.1) is 0 Å². The van der Waals surface area contributed by atoms with Crippen molar-refractivity contribution < 1.29 is 4.74 Å². The number of rotatable bonds is 10. The molecule has 0 aliphatic heterocycles. The molecule has 5 heteroatoms. The van der Waals surface area contributed by atoms with Crippen LogP contribution in [0.5, 0.6) is 0 Å². The lowest BCUT2D eigenvalue weighted by molar-refractivity contribution is 0.195. The largest absolute Gasteiger partial charge is 0.385 e. The second-order valence-corrected chi connectivity index (χ2v) is 4.43. The first-order valence-electron chi connectivity index (χ1n) is 6.86. The van der Waals surface area contributed by atoms with Gasteiger partial charge < -0.3 is 20.3 Å². The minimum Gasteiger partial charge on any atom is -0.385 e. The Hall–Kier alpha value is -0.810. The third kappa shape index (κ3) is 10.4. The van der Waals surface area contributed by atoms with Crippen molar-refractivity contribution in [2.75, 3.05) is 54.0 Å². The van der Waals surface area contributed by atoms with Gasteiger partial charge in [0.1, 0.15) is 0 Å². The molecule has 0 amide bonds. The fraction of sp³-hybridized carbons (Fsp3) is 0.923. The van der Waals surface area contributed by atoms with Gasteiger partial charge in [-0.15, -0.1) is 0 Å². The summed E-state index contributed by atoms with van der Waals surface area (Å²) >= 11 is 0. The highest BCUT2D eigenvalue weighted by atomic mass is 16.5. The minimum atomic E-state index is 0.781. The van der Waals surface area contributed by atoms with Crippen LogP contribution in [0.4, 0.5) is 0 Å². The third-order valence-corrected chi connectivity index (χ3v) is 2.72. The van der Waals surface area contributed by atoms with E-state index in [2.05, 4.69) is 34.5 Å². The number of aliphatic imine (C=N–C) groups is 1. The molecule has 0 aromatic heterocycles. The van der Waals surface area contributed by atoms with E-state index >= 15 is 0 Å². The van der Waals surface area contributed by atoms with E-state index in [0.717, 1.165) is 45.2 Å². The average Bonchev–Trinajstić information content (AvgIpc) is 2.39. The Balaban J connectivity index is 3.55. The fourth-order valence-corrected chi connectivity index (χ4v) is 1.55. The van der Waals surface area contributed by atoms with Crippen molar-refractivity contribution >= 4 is 5.96 Å². The van der Waals surface area contributed by atoms with Crippen molar-refractivity contribution in [3.05, 3.63) is 0 Å². The lowest BCUT2D eigenvalue weighted by Gasteiger charge is -2.17. The first-order valence-corrected chi connectivity index (χ1v) is 6.86. The fourth-order valence-electron chi connectivity index (χ4n) is 1.55. The number of nitrogens with zero attached hydrogens (tertiary/aromatic N) is 2. The van der Waals surface area contributed by atoms with Gasteiger partial charge in [-0.2, -0.15) is 0 Å². The van der Waals surface area contributed by atoms with Crippen molar-refractivity contribution in [1.29, 1.82) is 0 Å². The molecular weight excluding hydrogens is 228 g/mol. The van der Waals surface area contributed by atoms with Crippen molar-refractivity contribution in [1.82, 2.24) is 15.5 Å². The standard InChI is InChI=1S/C13H30N4O/c1-5-6-10-17(3)11-9-16-13(14-2)15-8-7-12-18-4/h5-12H2,1-4H3,(H2,14,15,16). The monoisotopic (exact) mass is 258 g/mol. The summed E-state index contributed by atoms with van der Waals surface area (Å²) in [4.78, 5) is 6.52. The van der Waals surface area contributed by atoms with Crippen molar-refractivity contribution in [2.45, 2.75) is 26.2 Å². The van der Waals surface area contributed by atoms with Gasteiger partial charge in [0.05, 0.1) is 0 Å². The van der Waals surface area contributed by atoms with Crippen molar-refractivity contribution in [3.63, 3.8) is 0 Å². The smallest absolute Gasteiger partial charge is 0.191 e. The summed E-state index contributed by atoms with van der Waals surface area (Å²) in [5.41, 5.74) is 0. The van der Waals surface area contributed by atoms with E-state index in [1.807, 2.05) is 0 Å². The summed E-state index contributed by atoms with van der Waals surface area (Å²) in [7, 11) is 5.68. The molecule has 0 heterocycles. The van der Waals surface area contributed by atoms with Crippen LogP contribution in [0.3, 0.4) is 0 Å². The van der Waals surface area contributed by atoms with E-state index in [1.54, 1.807) is 14.2 Å². The van der Waals surface area contributed by atoms with Gasteiger partial charge in [-0.05, 0) is 26.4 Å². The molecule has 0 saturated heterocycles. The number of hydrogen-bond acceptors (Lipinski definition) is 3. The number of likely N-dealkylation sites (N-methyl/N-ethyl adjacent to an activating group) is 1. The van der Waals surface area contributed by atoms with E-state index in [4.69, 9.17) is 4.74 Å². The van der Waals surface area contributed by atoms with Gasteiger partial charge in [-0.1, -0.05) is 13.3 Å². The first kappa shape index (κ1) is 17.2. The van der Waals surface area contributed by atoms with Crippen molar-refractivity contribution in [3.8, 4) is 0 Å². The normalized spacial score (nSPS) is 11.9. The molecule has 0 aliphatic rings. The zero-order valence-electron chi connectivity index (χ0n) is 12.5. The van der Waals surface area contributed by atoms with Gasteiger partial charge in [0.15, 0.2) is 5.96 Å². The van der Waals surface area contributed by atoms with E-state index < -0.39 is 0 Å². The summed E-state index contributed by atoms with van der Waals surface area (Å²) in [5.74, 6) is 0.870. The Morgan fingerprint density at radius 3 is 2.50 bits per heavy atom. The molecular formula is C13H30N4O. The summed E-state index contributed by atoms with van der Waals surface area (Å²) in [6, 6.07) is 0. The van der Waals surface area contributed by atoms with Crippen LogP contribution < -0.4 is 10.6 Å². The third-order valence-electron chi connectivity index (χ3n) is 2.72. The highest BCUT2D eigenvalue weighted by Gasteiger charge is 1.99. The molecule has 0 aliphatic carbocycles. The second kappa shape index (κ2) is 12.6. The van der Waals surface area contributed by atoms with Crippen molar-refractivity contribution in [2.24, 2.45) is 4.99 Å². The molecule has 108 valence electrons. The summed E-state index contributed by atoms with van der Waals surface area (Å²) in [6.07, 6.45) is 3.51. The Morgan fingerprint density at radius 1 is 1.17 bits per heavy atom. The average molecular weight is 258 g/mol. The zero-order chi connectivity index (χ0) is 13.6. The number of unbranched alkanes of at least 4 members (excludes halogenated alkanes) is 1. The maximum atomic E-state index is 5.00. The first-order chi connectivity index (χ1) is 8.74. The van der Waals surface area contributed by atoms with E-state index in [1.165, 1.54) is 12.8 Å². The number of hydrogen-bond donors (Lipinski definition) is 2. The molecule has 0 radical (unpaired) electrons. The van der Waals surface area contributed by atoms with Crippen LogP contribution in [0.25, 0.3) is 0 Å². The van der Waals surface area contributed by atoms with E-state index in [-0.39, 0.29) is 0 Å². The Morgan fingerprint density at radius 2 is 1.89 bits per heavy atom. The maximum Gasteiger partial charge on any atom is 0.191 e. The topological polar surface area (TPSA) is 48.9 Å². The molecule has 0 spiro atoms. The van der Waals surface area contributed by atoms with Gasteiger partial charge >= 0.3 is 0 Å². The second-order valence-electron chi connectivity index (χ2n) is 4.43. The molecule has 18 heavy (non-hydrogen) atoms. The molecule has 5 nitrogen and oxygen atoms in total. The quantitative estimate of drug-likeness (QED) is 0.347. The predicted molar refractivity (Wildman–Crippen MR) is 78.3 cm³/mol. The SMILES string of the molecule is CCCCN(C)CCNC(=NC)NCCCOC. The Kier molecular flexibility index (Phi) is 12.1. The summed E-state index contributed by atoms with van der Waals surface area (Å²) < 4.78 is 5.00. The van der Waals surface area contributed by atoms with Gasteiger partial charge in [0.25, 0.3) is 0 Å². The van der Waals surface area contributed by atoms with Gasteiger partial charge in [0.2, 0.25) is 0 Å². The molecule has 0 saturated carbocycles. The molecule has 0 atom stereocenters. The molecule has 0 fully saturated rings. The van der Waals surface area contributed by atoms with Gasteiger partial charge in [-0.25, -0.2) is 0 Å². The number of nitrogens with one attached hydrogen (secondary N) is 2. The van der Waals surface area contributed by atoms with Crippen LogP contribution in [0.2, 0.25) is 0 Å². The zero-order valence-corrected chi connectivity index (χ0v) is 12.5. The number of methoxy groups -OCH3 is 1. The molecule has 2 N–H and O–H groups in total. The highest BCUT2D eigenvalue weighted by Crippen LogP contribution is 1.90. The van der Waals surface area contributed by atoms with Crippen LogP contribution in [0.1, 0.15) is 26.2 Å². The van der Waals surface area contributed by atoms with E-state index in [0.29, 0.717) is 0 Å². The van der Waals surface area contributed by atoms with E-state index in [9.17, 15) is 0 Å². The van der Waals surface area contributed by atoms with Crippen LogP contribution >= 0.6 is 0 Å². The predicted octanol–water partition coefficient (Wildman–Crippen LogP) is 0.920. The number of guanidine groups is 1. The lowest BCUT2D eigenvalue weighted by atomic mass is 10.3. The highest BCUT2D eigenvalue weighted by molar-refractivity contribution is 5.79. The summed E-state index contributed by atoms with van der Waals surface area (Å²) in [5, 5.41) is 6.57. The Bertz CT molecular complexity index is 209. The Labute approximate surface area is 112 Å². The van der Waals surface area contributed by atoms with Gasteiger partial charge in [-0.3, -0.25) is 4.99 Å². The molecule has 0 rings (SSSR count). The lowest BCUT2D eigenvalue weighted by Crippen LogP contribution is -2.41. The molecule has 0 aromatic carbocycles. The molecule has 0 unspecified atom stereocenters. The van der Waals surface area contributed by atoms with Crippen LogP contribution in [-0.4, -0.2) is 64.9 Å². The van der Waals surface area contributed by atoms with Crippen LogP contribution in [0.15, 0.2) is 4.99 Å². The molecule has 0 bridgehead atoms. The van der Waals surface area contributed by atoms with Crippen LogP contribution in [-0.2, 0) is 4.74 Å². The summed E-state index contributed by atoms with van der Waals surface area (Å²) in [6.45, 7) is 7.02. The molecule has 0 aromatic rings.